The number of aryl methyl sites for hydroxylation is 1. The molecule has 0 radical (unpaired) electrons. The Morgan fingerprint density at radius 2 is 2.21 bits per heavy atom. The van der Waals surface area contributed by atoms with Gasteiger partial charge in [-0.25, -0.2) is 4.99 Å². The van der Waals surface area contributed by atoms with Crippen LogP contribution in [0.5, 0.6) is 5.75 Å². The Labute approximate surface area is 172 Å². The van der Waals surface area contributed by atoms with Crippen molar-refractivity contribution in [2.24, 2.45) is 4.99 Å². The van der Waals surface area contributed by atoms with Gasteiger partial charge < -0.3 is 25.0 Å². The van der Waals surface area contributed by atoms with Crippen molar-refractivity contribution in [2.45, 2.75) is 26.0 Å². The average molecular weight is 409 g/mol. The molecule has 2 N–H and O–H groups in total. The zero-order chi connectivity index (χ0) is 20.4. The number of amides is 1. The average Bonchev–Trinajstić information content (AvgIpc) is 3.17. The molecule has 1 saturated heterocycles. The van der Waals surface area contributed by atoms with Crippen molar-refractivity contribution in [3.63, 3.8) is 0 Å². The first-order valence-corrected chi connectivity index (χ1v) is 10.9. The van der Waals surface area contributed by atoms with Gasteiger partial charge in [-0.3, -0.25) is 4.79 Å². The third-order valence-electron chi connectivity index (χ3n) is 4.32. The van der Waals surface area contributed by atoms with Crippen molar-refractivity contribution in [2.75, 3.05) is 52.4 Å². The van der Waals surface area contributed by atoms with Gasteiger partial charge in [0.05, 0.1) is 26.3 Å². The number of carbonyl (C=O) groups excluding carboxylic acids is 1. The molecule has 156 valence electrons. The standard InChI is InChI=1S/C20H32N4O3S/c1-15-5-6-16(18(11-15)27-17-7-9-26-14-17)12-22-20(21-8-10-28-4)23-13-19(25)24(2)3/h5-6,11,17H,7-10,12-14H2,1-4H3,(H2,21,22,23). The van der Waals surface area contributed by atoms with Gasteiger partial charge in [-0.05, 0) is 24.8 Å². The van der Waals surface area contributed by atoms with Crippen LogP contribution in [0.25, 0.3) is 0 Å². The van der Waals surface area contributed by atoms with E-state index in [2.05, 4.69) is 40.9 Å². The van der Waals surface area contributed by atoms with Gasteiger partial charge in [-0.15, -0.1) is 0 Å². The molecule has 0 aromatic heterocycles. The van der Waals surface area contributed by atoms with Gasteiger partial charge >= 0.3 is 0 Å². The molecule has 1 unspecified atom stereocenters. The lowest BCUT2D eigenvalue weighted by molar-refractivity contribution is -0.127. The molecule has 1 heterocycles. The van der Waals surface area contributed by atoms with Crippen molar-refractivity contribution < 1.29 is 14.3 Å². The normalized spacial score (nSPS) is 16.7. The molecule has 0 spiro atoms. The van der Waals surface area contributed by atoms with Gasteiger partial charge in [0.2, 0.25) is 5.91 Å². The Balaban J connectivity index is 2.06. The number of rotatable bonds is 9. The highest BCUT2D eigenvalue weighted by Gasteiger charge is 2.18. The van der Waals surface area contributed by atoms with E-state index in [1.54, 1.807) is 30.8 Å². The highest BCUT2D eigenvalue weighted by Crippen LogP contribution is 2.24. The number of hydrogen-bond acceptors (Lipinski definition) is 5. The molecule has 2 rings (SSSR count). The highest BCUT2D eigenvalue weighted by molar-refractivity contribution is 7.98. The predicted octanol–water partition coefficient (Wildman–Crippen LogP) is 1.65. The minimum absolute atomic E-state index is 0.0000387. The SMILES string of the molecule is CSCCNC(=NCc1ccc(C)cc1OC1CCOC1)NCC(=O)N(C)C. The van der Waals surface area contributed by atoms with Gasteiger partial charge in [-0.2, -0.15) is 11.8 Å². The number of guanidine groups is 1. The lowest BCUT2D eigenvalue weighted by Gasteiger charge is -2.17. The van der Waals surface area contributed by atoms with Crippen molar-refractivity contribution in [3.05, 3.63) is 29.3 Å². The van der Waals surface area contributed by atoms with E-state index < -0.39 is 0 Å². The number of nitrogens with zero attached hydrogens (tertiary/aromatic N) is 2. The minimum atomic E-state index is -0.0000387. The van der Waals surface area contributed by atoms with E-state index in [1.807, 2.05) is 6.07 Å². The minimum Gasteiger partial charge on any atom is -0.488 e. The monoisotopic (exact) mass is 408 g/mol. The molecule has 1 amide bonds. The fraction of sp³-hybridized carbons (Fsp3) is 0.600. The molecule has 1 aliphatic rings. The van der Waals surface area contributed by atoms with Gasteiger partial charge in [0.25, 0.3) is 0 Å². The molecule has 0 bridgehead atoms. The van der Waals surface area contributed by atoms with Crippen molar-refractivity contribution in [1.82, 2.24) is 15.5 Å². The lowest BCUT2D eigenvalue weighted by atomic mass is 10.1. The molecule has 1 aliphatic heterocycles. The quantitative estimate of drug-likeness (QED) is 0.368. The first-order valence-electron chi connectivity index (χ1n) is 9.54. The Bertz CT molecular complexity index is 661. The van der Waals surface area contributed by atoms with Crippen molar-refractivity contribution >= 4 is 23.6 Å². The first kappa shape index (κ1) is 22.4. The molecule has 7 nitrogen and oxygen atoms in total. The van der Waals surface area contributed by atoms with E-state index in [0.717, 1.165) is 42.2 Å². The van der Waals surface area contributed by atoms with Crippen LogP contribution in [-0.4, -0.2) is 75.3 Å². The summed E-state index contributed by atoms with van der Waals surface area (Å²) in [5.74, 6) is 2.44. The number of hydrogen-bond donors (Lipinski definition) is 2. The Morgan fingerprint density at radius 3 is 2.89 bits per heavy atom. The second-order valence-corrected chi connectivity index (χ2v) is 7.93. The number of benzene rings is 1. The maximum Gasteiger partial charge on any atom is 0.241 e. The molecule has 0 saturated carbocycles. The third kappa shape index (κ3) is 7.59. The Morgan fingerprint density at radius 1 is 1.39 bits per heavy atom. The zero-order valence-corrected chi connectivity index (χ0v) is 18.1. The van der Waals surface area contributed by atoms with E-state index >= 15 is 0 Å². The maximum absolute atomic E-state index is 11.9. The summed E-state index contributed by atoms with van der Waals surface area (Å²) in [6.45, 7) is 4.88. The van der Waals surface area contributed by atoms with Crippen LogP contribution in [-0.2, 0) is 16.1 Å². The summed E-state index contributed by atoms with van der Waals surface area (Å²) in [6, 6.07) is 6.16. The molecule has 1 atom stereocenters. The van der Waals surface area contributed by atoms with Gasteiger partial charge in [0, 0.05) is 38.4 Å². The van der Waals surface area contributed by atoms with Crippen LogP contribution < -0.4 is 15.4 Å². The summed E-state index contributed by atoms with van der Waals surface area (Å²) in [5, 5.41) is 6.39. The second-order valence-electron chi connectivity index (χ2n) is 6.94. The number of carbonyl (C=O) groups is 1. The number of ether oxygens (including phenoxy) is 2. The molecule has 8 heteroatoms. The molecule has 1 aromatic carbocycles. The molecular weight excluding hydrogens is 376 g/mol. The summed E-state index contributed by atoms with van der Waals surface area (Å²) in [5.41, 5.74) is 2.16. The first-order chi connectivity index (χ1) is 13.5. The van der Waals surface area contributed by atoms with E-state index in [9.17, 15) is 4.79 Å². The van der Waals surface area contributed by atoms with Crippen LogP contribution in [0.2, 0.25) is 0 Å². The smallest absolute Gasteiger partial charge is 0.241 e. The van der Waals surface area contributed by atoms with Crippen LogP contribution >= 0.6 is 11.8 Å². The van der Waals surface area contributed by atoms with Crippen LogP contribution in [0.15, 0.2) is 23.2 Å². The molecular formula is C20H32N4O3S. The largest absolute Gasteiger partial charge is 0.488 e. The van der Waals surface area contributed by atoms with E-state index in [1.165, 1.54) is 0 Å². The fourth-order valence-electron chi connectivity index (χ4n) is 2.61. The molecule has 0 aliphatic carbocycles. The Kier molecular flexibility index (Phi) is 9.43. The summed E-state index contributed by atoms with van der Waals surface area (Å²) in [7, 11) is 3.48. The molecule has 1 fully saturated rings. The van der Waals surface area contributed by atoms with Gasteiger partial charge in [0.1, 0.15) is 11.9 Å². The number of likely N-dealkylation sites (N-methyl/N-ethyl adjacent to an activating group) is 1. The lowest BCUT2D eigenvalue weighted by Crippen LogP contribution is -2.43. The van der Waals surface area contributed by atoms with Crippen LogP contribution in [0.1, 0.15) is 17.5 Å². The van der Waals surface area contributed by atoms with Gasteiger partial charge in [-0.1, -0.05) is 12.1 Å². The van der Waals surface area contributed by atoms with E-state index in [-0.39, 0.29) is 18.6 Å². The van der Waals surface area contributed by atoms with Crippen LogP contribution in [0.3, 0.4) is 0 Å². The van der Waals surface area contributed by atoms with Crippen molar-refractivity contribution in [1.29, 1.82) is 0 Å². The Hall–Kier alpha value is -1.93. The number of thioether (sulfide) groups is 1. The van der Waals surface area contributed by atoms with E-state index in [0.29, 0.717) is 19.1 Å². The summed E-state index contributed by atoms with van der Waals surface area (Å²) < 4.78 is 11.6. The molecule has 1 aromatic rings. The number of nitrogens with one attached hydrogen (secondary N) is 2. The van der Waals surface area contributed by atoms with Crippen molar-refractivity contribution in [3.8, 4) is 5.75 Å². The highest BCUT2D eigenvalue weighted by atomic mass is 32.2. The fourth-order valence-corrected chi connectivity index (χ4v) is 2.92. The zero-order valence-electron chi connectivity index (χ0n) is 17.3. The summed E-state index contributed by atoms with van der Waals surface area (Å²) >= 11 is 1.76. The maximum atomic E-state index is 11.9. The number of aliphatic imine (C=N–C) groups is 1. The molecule has 28 heavy (non-hydrogen) atoms. The van der Waals surface area contributed by atoms with Gasteiger partial charge in [0.15, 0.2) is 5.96 Å². The van der Waals surface area contributed by atoms with E-state index in [4.69, 9.17) is 9.47 Å². The predicted molar refractivity (Wildman–Crippen MR) is 115 cm³/mol. The topological polar surface area (TPSA) is 75.2 Å². The summed E-state index contributed by atoms with van der Waals surface area (Å²) in [4.78, 5) is 18.1. The van der Waals surface area contributed by atoms with Crippen LogP contribution in [0, 0.1) is 6.92 Å². The second kappa shape index (κ2) is 11.8. The third-order valence-corrected chi connectivity index (χ3v) is 4.93. The summed E-state index contributed by atoms with van der Waals surface area (Å²) in [6.07, 6.45) is 3.07. The van der Waals surface area contributed by atoms with Crippen LogP contribution in [0.4, 0.5) is 0 Å².